The van der Waals surface area contributed by atoms with Crippen molar-refractivity contribution in [2.75, 3.05) is 32.1 Å². The molecular formula is C19H18Cl2N2O4. The molecule has 0 spiro atoms. The summed E-state index contributed by atoms with van der Waals surface area (Å²) in [6.45, 7) is 0.874. The van der Waals surface area contributed by atoms with Gasteiger partial charge in [0, 0.05) is 29.7 Å². The van der Waals surface area contributed by atoms with Gasteiger partial charge in [-0.2, -0.15) is 0 Å². The van der Waals surface area contributed by atoms with Crippen LogP contribution in [0, 0.1) is 0 Å². The number of anilines is 1. The normalized spacial score (nSPS) is 12.9. The van der Waals surface area contributed by atoms with Gasteiger partial charge < -0.3 is 19.7 Å². The fourth-order valence-corrected chi connectivity index (χ4v) is 2.99. The average Bonchev–Trinajstić information content (AvgIpc) is 2.88. The monoisotopic (exact) mass is 408 g/mol. The molecule has 0 unspecified atom stereocenters. The number of carbonyl (C=O) groups is 2. The molecule has 1 aliphatic rings. The van der Waals surface area contributed by atoms with Crippen LogP contribution in [0.3, 0.4) is 0 Å². The number of carbonyl (C=O) groups excluding carboxylic acids is 2. The fourth-order valence-electron chi connectivity index (χ4n) is 2.60. The van der Waals surface area contributed by atoms with E-state index in [4.69, 9.17) is 32.7 Å². The summed E-state index contributed by atoms with van der Waals surface area (Å²) in [4.78, 5) is 26.2. The van der Waals surface area contributed by atoms with Crippen LogP contribution in [-0.4, -0.2) is 43.5 Å². The first-order valence-corrected chi connectivity index (χ1v) is 9.09. The molecule has 2 aromatic carbocycles. The maximum atomic E-state index is 12.7. The SMILES string of the molecule is CN(CC(=O)Nc1ccc(Cl)cc1)C(=O)c1cc(Cl)c2c(c1)OCCCO2. The van der Waals surface area contributed by atoms with Crippen LogP contribution in [-0.2, 0) is 4.79 Å². The van der Waals surface area contributed by atoms with Gasteiger partial charge in [0.05, 0.1) is 24.8 Å². The number of halogens is 2. The Kier molecular flexibility index (Phi) is 6.08. The van der Waals surface area contributed by atoms with Gasteiger partial charge in [-0.1, -0.05) is 23.2 Å². The number of rotatable bonds is 4. The summed E-state index contributed by atoms with van der Waals surface area (Å²) in [6, 6.07) is 9.82. The first-order valence-electron chi connectivity index (χ1n) is 8.34. The first kappa shape index (κ1) is 19.3. The molecule has 0 aliphatic carbocycles. The van der Waals surface area contributed by atoms with Crippen molar-refractivity contribution < 1.29 is 19.1 Å². The van der Waals surface area contributed by atoms with E-state index in [2.05, 4.69) is 5.32 Å². The summed E-state index contributed by atoms with van der Waals surface area (Å²) < 4.78 is 11.2. The molecule has 142 valence electrons. The highest BCUT2D eigenvalue weighted by Gasteiger charge is 2.21. The topological polar surface area (TPSA) is 67.9 Å². The molecule has 2 aromatic rings. The molecule has 8 heteroatoms. The zero-order valence-corrected chi connectivity index (χ0v) is 16.1. The molecule has 0 saturated heterocycles. The summed E-state index contributed by atoms with van der Waals surface area (Å²) in [7, 11) is 1.54. The van der Waals surface area contributed by atoms with Crippen LogP contribution in [0.15, 0.2) is 36.4 Å². The van der Waals surface area contributed by atoms with E-state index in [1.54, 1.807) is 37.4 Å². The van der Waals surface area contributed by atoms with E-state index in [0.717, 1.165) is 6.42 Å². The lowest BCUT2D eigenvalue weighted by Gasteiger charge is -2.18. The molecule has 0 atom stereocenters. The molecule has 0 fully saturated rings. The van der Waals surface area contributed by atoms with Gasteiger partial charge in [0.25, 0.3) is 5.91 Å². The highest BCUT2D eigenvalue weighted by Crippen LogP contribution is 2.38. The number of amides is 2. The summed E-state index contributed by atoms with van der Waals surface area (Å²) in [5, 5.41) is 3.59. The maximum absolute atomic E-state index is 12.7. The Balaban J connectivity index is 1.68. The van der Waals surface area contributed by atoms with E-state index in [9.17, 15) is 9.59 Å². The predicted octanol–water partition coefficient (Wildman–Crippen LogP) is 3.87. The Hall–Kier alpha value is -2.44. The Morgan fingerprint density at radius 1 is 1.11 bits per heavy atom. The van der Waals surface area contributed by atoms with E-state index in [-0.39, 0.29) is 18.4 Å². The molecule has 0 bridgehead atoms. The van der Waals surface area contributed by atoms with E-state index in [0.29, 0.717) is 46.0 Å². The molecule has 1 heterocycles. The minimum absolute atomic E-state index is 0.118. The molecular weight excluding hydrogens is 391 g/mol. The number of benzene rings is 2. The van der Waals surface area contributed by atoms with Crippen LogP contribution in [0.4, 0.5) is 5.69 Å². The number of likely N-dealkylation sites (N-methyl/N-ethyl adjacent to an activating group) is 1. The summed E-state index contributed by atoms with van der Waals surface area (Å²) in [5.74, 6) is 0.198. The van der Waals surface area contributed by atoms with E-state index < -0.39 is 0 Å². The number of nitrogens with one attached hydrogen (secondary N) is 1. The van der Waals surface area contributed by atoms with E-state index in [1.807, 2.05) is 0 Å². The largest absolute Gasteiger partial charge is 0.489 e. The van der Waals surface area contributed by atoms with Gasteiger partial charge in [0.15, 0.2) is 11.5 Å². The molecule has 27 heavy (non-hydrogen) atoms. The van der Waals surface area contributed by atoms with Gasteiger partial charge in [-0.15, -0.1) is 0 Å². The number of hydrogen-bond acceptors (Lipinski definition) is 4. The second-order valence-corrected chi connectivity index (χ2v) is 6.90. The van der Waals surface area contributed by atoms with Gasteiger partial charge in [-0.25, -0.2) is 0 Å². The number of hydrogen-bond donors (Lipinski definition) is 1. The van der Waals surface area contributed by atoms with Crippen LogP contribution < -0.4 is 14.8 Å². The van der Waals surface area contributed by atoms with Gasteiger partial charge in [-0.3, -0.25) is 9.59 Å². The van der Waals surface area contributed by atoms with Crippen LogP contribution in [0.5, 0.6) is 11.5 Å². The van der Waals surface area contributed by atoms with Crippen molar-refractivity contribution in [3.05, 3.63) is 52.0 Å². The van der Waals surface area contributed by atoms with Gasteiger partial charge >= 0.3 is 0 Å². The lowest BCUT2D eigenvalue weighted by molar-refractivity contribution is -0.116. The molecule has 1 N–H and O–H groups in total. The van der Waals surface area contributed by atoms with Crippen LogP contribution >= 0.6 is 23.2 Å². The van der Waals surface area contributed by atoms with Crippen LogP contribution in [0.2, 0.25) is 10.0 Å². The van der Waals surface area contributed by atoms with Crippen LogP contribution in [0.25, 0.3) is 0 Å². The third kappa shape index (κ3) is 4.84. The Morgan fingerprint density at radius 2 is 1.81 bits per heavy atom. The van der Waals surface area contributed by atoms with Crippen LogP contribution in [0.1, 0.15) is 16.8 Å². The van der Waals surface area contributed by atoms with Crippen molar-refractivity contribution in [2.24, 2.45) is 0 Å². The molecule has 1 aliphatic heterocycles. The van der Waals surface area contributed by atoms with Crippen molar-refractivity contribution in [1.82, 2.24) is 4.90 Å². The fraction of sp³-hybridized carbons (Fsp3) is 0.263. The van der Waals surface area contributed by atoms with Gasteiger partial charge in [0.1, 0.15) is 0 Å². The molecule has 0 saturated carbocycles. The third-order valence-corrected chi connectivity index (χ3v) is 4.44. The predicted molar refractivity (Wildman–Crippen MR) is 104 cm³/mol. The highest BCUT2D eigenvalue weighted by atomic mass is 35.5. The van der Waals surface area contributed by atoms with Gasteiger partial charge in [0.2, 0.25) is 5.91 Å². The highest BCUT2D eigenvalue weighted by molar-refractivity contribution is 6.32. The second-order valence-electron chi connectivity index (χ2n) is 6.05. The van der Waals surface area contributed by atoms with E-state index >= 15 is 0 Å². The number of ether oxygens (including phenoxy) is 2. The zero-order chi connectivity index (χ0) is 19.4. The minimum Gasteiger partial charge on any atom is -0.489 e. The van der Waals surface area contributed by atoms with E-state index in [1.165, 1.54) is 11.0 Å². The quantitative estimate of drug-likeness (QED) is 0.833. The first-order chi connectivity index (χ1) is 12.9. The second kappa shape index (κ2) is 8.50. The zero-order valence-electron chi connectivity index (χ0n) is 14.6. The third-order valence-electron chi connectivity index (χ3n) is 3.90. The minimum atomic E-state index is -0.348. The number of nitrogens with zero attached hydrogens (tertiary/aromatic N) is 1. The molecule has 3 rings (SSSR count). The summed E-state index contributed by atoms with van der Waals surface area (Å²) in [6.07, 6.45) is 0.735. The Bertz CT molecular complexity index is 856. The standard InChI is InChI=1S/C19H18Cl2N2O4/c1-23(11-17(24)22-14-5-3-13(20)4-6-14)19(25)12-9-15(21)18-16(10-12)26-7-2-8-27-18/h3-6,9-10H,2,7-8,11H2,1H3,(H,22,24). The van der Waals surface area contributed by atoms with Gasteiger partial charge in [-0.05, 0) is 36.4 Å². The summed E-state index contributed by atoms with van der Waals surface area (Å²) >= 11 is 12.0. The summed E-state index contributed by atoms with van der Waals surface area (Å²) in [5.41, 5.74) is 0.926. The molecule has 0 aromatic heterocycles. The van der Waals surface area contributed by atoms with Crippen molar-refractivity contribution >= 4 is 40.7 Å². The average molecular weight is 409 g/mol. The lowest BCUT2D eigenvalue weighted by atomic mass is 10.1. The lowest BCUT2D eigenvalue weighted by Crippen LogP contribution is -2.35. The Labute approximate surface area is 167 Å². The van der Waals surface area contributed by atoms with Crippen molar-refractivity contribution in [3.8, 4) is 11.5 Å². The molecule has 6 nitrogen and oxygen atoms in total. The molecule has 2 amide bonds. The number of fused-ring (bicyclic) bond motifs is 1. The van der Waals surface area contributed by atoms with Crippen molar-refractivity contribution in [2.45, 2.75) is 6.42 Å². The molecule has 0 radical (unpaired) electrons. The van der Waals surface area contributed by atoms with Crippen molar-refractivity contribution in [3.63, 3.8) is 0 Å². The maximum Gasteiger partial charge on any atom is 0.254 e. The van der Waals surface area contributed by atoms with Crippen molar-refractivity contribution in [1.29, 1.82) is 0 Å². The Morgan fingerprint density at radius 3 is 2.56 bits per heavy atom. The smallest absolute Gasteiger partial charge is 0.254 e.